The second kappa shape index (κ2) is 5.57. The highest BCUT2D eigenvalue weighted by molar-refractivity contribution is 5.94. The zero-order valence-corrected chi connectivity index (χ0v) is 12.2. The number of carbonyl (C=O) groups excluding carboxylic acids is 1. The Kier molecular flexibility index (Phi) is 3.79. The lowest BCUT2D eigenvalue weighted by molar-refractivity contribution is 0.0784. The van der Waals surface area contributed by atoms with Gasteiger partial charge in [0.15, 0.2) is 0 Å². The predicted octanol–water partition coefficient (Wildman–Crippen LogP) is 2.45. The van der Waals surface area contributed by atoms with Gasteiger partial charge in [0.1, 0.15) is 0 Å². The van der Waals surface area contributed by atoms with Gasteiger partial charge in [0.2, 0.25) is 0 Å². The maximum Gasteiger partial charge on any atom is 0.253 e. The molecule has 1 amide bonds. The maximum atomic E-state index is 12.6. The van der Waals surface area contributed by atoms with Crippen molar-refractivity contribution in [3.63, 3.8) is 0 Å². The van der Waals surface area contributed by atoms with Crippen LogP contribution in [0.25, 0.3) is 0 Å². The smallest absolute Gasteiger partial charge is 0.253 e. The molecule has 1 unspecified atom stereocenters. The first-order chi connectivity index (χ1) is 9.67. The van der Waals surface area contributed by atoms with Gasteiger partial charge in [-0.15, -0.1) is 0 Å². The van der Waals surface area contributed by atoms with Crippen LogP contribution in [0.4, 0.5) is 0 Å². The third-order valence-electron chi connectivity index (χ3n) is 4.99. The van der Waals surface area contributed by atoms with E-state index in [-0.39, 0.29) is 5.91 Å². The van der Waals surface area contributed by atoms with Gasteiger partial charge in [0.25, 0.3) is 5.91 Å². The molecular weight excluding hydrogens is 248 g/mol. The van der Waals surface area contributed by atoms with Crippen LogP contribution in [0.2, 0.25) is 0 Å². The molecule has 0 radical (unpaired) electrons. The summed E-state index contributed by atoms with van der Waals surface area (Å²) in [5.41, 5.74) is 8.16. The van der Waals surface area contributed by atoms with Gasteiger partial charge >= 0.3 is 0 Å². The van der Waals surface area contributed by atoms with E-state index in [1.165, 1.54) is 12.0 Å². The molecule has 1 aliphatic carbocycles. The van der Waals surface area contributed by atoms with Crippen LogP contribution in [0.5, 0.6) is 0 Å². The molecule has 2 fully saturated rings. The normalized spacial score (nSPS) is 29.3. The Balaban J connectivity index is 1.68. The van der Waals surface area contributed by atoms with Crippen LogP contribution in [-0.4, -0.2) is 29.9 Å². The summed E-state index contributed by atoms with van der Waals surface area (Å²) in [5.74, 6) is 1.49. The maximum absolute atomic E-state index is 12.6. The van der Waals surface area contributed by atoms with Crippen molar-refractivity contribution >= 4 is 5.91 Å². The van der Waals surface area contributed by atoms with Gasteiger partial charge in [-0.3, -0.25) is 4.79 Å². The van der Waals surface area contributed by atoms with Crippen molar-refractivity contribution in [1.82, 2.24) is 4.90 Å². The van der Waals surface area contributed by atoms with E-state index >= 15 is 0 Å². The Hall–Kier alpha value is -1.35. The number of rotatable bonds is 2. The lowest BCUT2D eigenvalue weighted by Gasteiger charge is -2.27. The third kappa shape index (κ3) is 2.59. The highest BCUT2D eigenvalue weighted by atomic mass is 16.2. The highest BCUT2D eigenvalue weighted by Crippen LogP contribution is 2.36. The molecule has 1 aromatic rings. The molecule has 1 heterocycles. The van der Waals surface area contributed by atoms with Crippen LogP contribution in [0, 0.1) is 11.8 Å². The van der Waals surface area contributed by atoms with Crippen molar-refractivity contribution in [2.45, 2.75) is 38.6 Å². The molecule has 2 N–H and O–H groups in total. The van der Waals surface area contributed by atoms with Crippen LogP contribution < -0.4 is 5.73 Å². The van der Waals surface area contributed by atoms with Crippen molar-refractivity contribution in [2.75, 3.05) is 13.1 Å². The van der Waals surface area contributed by atoms with Crippen molar-refractivity contribution < 1.29 is 4.79 Å². The van der Waals surface area contributed by atoms with E-state index in [4.69, 9.17) is 5.73 Å². The molecular formula is C17H24N2O. The van der Waals surface area contributed by atoms with Crippen molar-refractivity contribution in [3.05, 3.63) is 35.4 Å². The molecule has 3 heteroatoms. The molecule has 108 valence electrons. The first kappa shape index (κ1) is 13.6. The largest absolute Gasteiger partial charge is 0.338 e. The SMILES string of the molecule is CCc1ccc(C(=O)N2C[C@H]3CCC(N)C[C@H]3C2)cc1. The van der Waals surface area contributed by atoms with E-state index in [0.29, 0.717) is 17.9 Å². The summed E-state index contributed by atoms with van der Waals surface area (Å²) >= 11 is 0. The summed E-state index contributed by atoms with van der Waals surface area (Å²) in [7, 11) is 0. The summed E-state index contributed by atoms with van der Waals surface area (Å²) < 4.78 is 0. The quantitative estimate of drug-likeness (QED) is 0.899. The number of likely N-dealkylation sites (tertiary alicyclic amines) is 1. The number of benzene rings is 1. The minimum Gasteiger partial charge on any atom is -0.338 e. The molecule has 3 atom stereocenters. The number of nitrogens with zero attached hydrogens (tertiary/aromatic N) is 1. The lowest BCUT2D eigenvalue weighted by Crippen LogP contribution is -2.32. The topological polar surface area (TPSA) is 46.3 Å². The van der Waals surface area contributed by atoms with Crippen molar-refractivity contribution in [1.29, 1.82) is 0 Å². The Bertz CT molecular complexity index is 482. The van der Waals surface area contributed by atoms with E-state index in [9.17, 15) is 4.79 Å². The molecule has 0 bridgehead atoms. The molecule has 1 aliphatic heterocycles. The molecule has 2 aliphatic rings. The minimum absolute atomic E-state index is 0.190. The molecule has 1 saturated heterocycles. The average Bonchev–Trinajstić information content (AvgIpc) is 2.89. The summed E-state index contributed by atoms with van der Waals surface area (Å²) in [6.07, 6.45) is 4.40. The van der Waals surface area contributed by atoms with Crippen LogP contribution in [0.1, 0.15) is 42.1 Å². The monoisotopic (exact) mass is 272 g/mol. The van der Waals surface area contributed by atoms with Gasteiger partial charge in [-0.05, 0) is 55.2 Å². The number of carbonyl (C=O) groups is 1. The summed E-state index contributed by atoms with van der Waals surface area (Å²) in [5, 5.41) is 0. The van der Waals surface area contributed by atoms with Crippen molar-refractivity contribution in [2.24, 2.45) is 17.6 Å². The van der Waals surface area contributed by atoms with Crippen molar-refractivity contribution in [3.8, 4) is 0 Å². The van der Waals surface area contributed by atoms with E-state index in [0.717, 1.165) is 37.9 Å². The Labute approximate surface area is 121 Å². The zero-order valence-electron chi connectivity index (χ0n) is 12.2. The fraction of sp³-hybridized carbons (Fsp3) is 0.588. The number of fused-ring (bicyclic) bond motifs is 1. The van der Waals surface area contributed by atoms with Gasteiger partial charge in [-0.2, -0.15) is 0 Å². The molecule has 3 nitrogen and oxygen atoms in total. The first-order valence-corrected chi connectivity index (χ1v) is 7.81. The molecule has 1 saturated carbocycles. The van der Waals surface area contributed by atoms with Crippen LogP contribution in [0.3, 0.4) is 0 Å². The third-order valence-corrected chi connectivity index (χ3v) is 4.99. The van der Waals surface area contributed by atoms with Gasteiger partial charge in [-0.25, -0.2) is 0 Å². The first-order valence-electron chi connectivity index (χ1n) is 7.81. The number of hydrogen-bond acceptors (Lipinski definition) is 2. The summed E-state index contributed by atoms with van der Waals surface area (Å²) in [4.78, 5) is 14.6. The number of amides is 1. The molecule has 0 spiro atoms. The second-order valence-electron chi connectivity index (χ2n) is 6.35. The number of nitrogens with two attached hydrogens (primary N) is 1. The summed E-state index contributed by atoms with van der Waals surface area (Å²) in [6, 6.07) is 8.40. The van der Waals surface area contributed by atoms with E-state index in [1.54, 1.807) is 0 Å². The second-order valence-corrected chi connectivity index (χ2v) is 6.35. The van der Waals surface area contributed by atoms with E-state index in [1.807, 2.05) is 17.0 Å². The molecule has 0 aromatic heterocycles. The fourth-order valence-electron chi connectivity index (χ4n) is 3.70. The van der Waals surface area contributed by atoms with E-state index < -0.39 is 0 Å². The van der Waals surface area contributed by atoms with Gasteiger partial charge < -0.3 is 10.6 Å². The number of hydrogen-bond donors (Lipinski definition) is 1. The lowest BCUT2D eigenvalue weighted by atomic mass is 9.79. The minimum atomic E-state index is 0.190. The van der Waals surface area contributed by atoms with Gasteiger partial charge in [0.05, 0.1) is 0 Å². The molecule has 1 aromatic carbocycles. The van der Waals surface area contributed by atoms with Crippen LogP contribution in [0.15, 0.2) is 24.3 Å². The predicted molar refractivity (Wildman–Crippen MR) is 80.5 cm³/mol. The summed E-state index contributed by atoms with van der Waals surface area (Å²) in [6.45, 7) is 3.95. The number of aryl methyl sites for hydroxylation is 1. The van der Waals surface area contributed by atoms with Crippen LogP contribution >= 0.6 is 0 Å². The average molecular weight is 272 g/mol. The fourth-order valence-corrected chi connectivity index (χ4v) is 3.70. The Morgan fingerprint density at radius 2 is 1.90 bits per heavy atom. The zero-order chi connectivity index (χ0) is 14.1. The molecule has 3 rings (SSSR count). The Morgan fingerprint density at radius 3 is 2.60 bits per heavy atom. The van der Waals surface area contributed by atoms with E-state index in [2.05, 4.69) is 19.1 Å². The standard InChI is InChI=1S/C17H24N2O/c1-2-12-3-5-13(6-4-12)17(20)19-10-14-7-8-16(18)9-15(14)11-19/h3-6,14-16H,2,7-11,18H2,1H3/t14-,15+,16?/m1/s1. The highest BCUT2D eigenvalue weighted by Gasteiger charge is 2.38. The van der Waals surface area contributed by atoms with Gasteiger partial charge in [-0.1, -0.05) is 19.1 Å². The van der Waals surface area contributed by atoms with Gasteiger partial charge in [0, 0.05) is 24.7 Å². The molecule has 20 heavy (non-hydrogen) atoms. The Morgan fingerprint density at radius 1 is 1.20 bits per heavy atom. The van der Waals surface area contributed by atoms with Crippen LogP contribution in [-0.2, 0) is 6.42 Å².